The van der Waals surface area contributed by atoms with Crippen LogP contribution in [0.25, 0.3) is 0 Å². The molecule has 2 N–H and O–H groups in total. The van der Waals surface area contributed by atoms with Gasteiger partial charge < -0.3 is 10.6 Å². The predicted octanol–water partition coefficient (Wildman–Crippen LogP) is 1.50. The van der Waals surface area contributed by atoms with Crippen LogP contribution in [-0.4, -0.2) is 15.7 Å². The van der Waals surface area contributed by atoms with Crippen molar-refractivity contribution in [2.45, 2.75) is 0 Å². The van der Waals surface area contributed by atoms with Gasteiger partial charge in [-0.25, -0.2) is 4.39 Å². The highest BCUT2D eigenvalue weighted by Crippen LogP contribution is 2.10. The summed E-state index contributed by atoms with van der Waals surface area (Å²) in [4.78, 5) is 11.9. The molecule has 0 saturated carbocycles. The van der Waals surface area contributed by atoms with E-state index in [0.29, 0.717) is 5.56 Å². The summed E-state index contributed by atoms with van der Waals surface area (Å²) in [5.41, 5.74) is 5.88. The Morgan fingerprint density at radius 1 is 1.37 bits per heavy atom. The SMILES string of the molecule is N#C/C(=N\Oc1ncc(F)c(N)n1)c1ccccc1. The van der Waals surface area contributed by atoms with Crippen molar-refractivity contribution in [3.63, 3.8) is 0 Å². The molecule has 6 nitrogen and oxygen atoms in total. The number of anilines is 1. The van der Waals surface area contributed by atoms with E-state index in [1.54, 1.807) is 24.3 Å². The molecule has 0 bridgehead atoms. The molecular formula is C12H8FN5O. The standard InChI is InChI=1S/C12H8FN5O/c13-9-7-16-12(17-11(9)15)19-18-10(6-14)8-4-2-1-3-5-8/h1-5,7H,(H2,15,16,17)/b18-10+. The fourth-order valence-electron chi connectivity index (χ4n) is 1.23. The van der Waals surface area contributed by atoms with Crippen molar-refractivity contribution >= 4 is 11.5 Å². The Labute approximate surface area is 108 Å². The molecule has 0 spiro atoms. The topological polar surface area (TPSA) is 97.2 Å². The Hall–Kier alpha value is -3.01. The van der Waals surface area contributed by atoms with Gasteiger partial charge in [0.05, 0.1) is 6.20 Å². The van der Waals surface area contributed by atoms with Gasteiger partial charge in [-0.05, 0) is 0 Å². The van der Waals surface area contributed by atoms with Crippen molar-refractivity contribution in [2.75, 3.05) is 5.73 Å². The van der Waals surface area contributed by atoms with E-state index >= 15 is 0 Å². The zero-order valence-corrected chi connectivity index (χ0v) is 9.62. The van der Waals surface area contributed by atoms with Crippen LogP contribution in [0.1, 0.15) is 5.56 Å². The number of aromatic nitrogens is 2. The van der Waals surface area contributed by atoms with Gasteiger partial charge in [0.25, 0.3) is 0 Å². The third-order valence-corrected chi connectivity index (χ3v) is 2.12. The first kappa shape index (κ1) is 12.4. The van der Waals surface area contributed by atoms with Crippen LogP contribution in [0.15, 0.2) is 41.7 Å². The molecule has 0 unspecified atom stereocenters. The number of halogens is 1. The molecule has 0 radical (unpaired) electrons. The number of oxime groups is 1. The third kappa shape index (κ3) is 3.01. The van der Waals surface area contributed by atoms with Crippen LogP contribution in [0.5, 0.6) is 6.01 Å². The molecule has 0 aliphatic rings. The van der Waals surface area contributed by atoms with Gasteiger partial charge in [0.15, 0.2) is 17.3 Å². The molecule has 0 fully saturated rings. The van der Waals surface area contributed by atoms with Crippen molar-refractivity contribution in [1.29, 1.82) is 5.26 Å². The molecule has 0 saturated heterocycles. The maximum absolute atomic E-state index is 12.8. The summed E-state index contributed by atoms with van der Waals surface area (Å²) in [5.74, 6) is -1.10. The Kier molecular flexibility index (Phi) is 3.64. The maximum Gasteiger partial charge on any atom is 0.347 e. The molecule has 0 aliphatic carbocycles. The van der Waals surface area contributed by atoms with Crippen LogP contribution < -0.4 is 10.6 Å². The number of hydrogen-bond donors (Lipinski definition) is 1. The lowest BCUT2D eigenvalue weighted by Crippen LogP contribution is -2.03. The van der Waals surface area contributed by atoms with E-state index in [1.165, 1.54) is 0 Å². The number of hydrogen-bond acceptors (Lipinski definition) is 6. The molecule has 0 amide bonds. The van der Waals surface area contributed by atoms with Gasteiger partial charge >= 0.3 is 6.01 Å². The lowest BCUT2D eigenvalue weighted by molar-refractivity contribution is 0.312. The summed E-state index contributed by atoms with van der Waals surface area (Å²) in [6.45, 7) is 0. The molecule has 7 heteroatoms. The summed E-state index contributed by atoms with van der Waals surface area (Å²) in [6, 6.07) is 10.4. The largest absolute Gasteiger partial charge is 0.381 e. The third-order valence-electron chi connectivity index (χ3n) is 2.12. The van der Waals surface area contributed by atoms with E-state index < -0.39 is 5.82 Å². The van der Waals surface area contributed by atoms with Crippen LogP contribution in [-0.2, 0) is 0 Å². The zero-order valence-electron chi connectivity index (χ0n) is 9.62. The van der Waals surface area contributed by atoms with E-state index in [2.05, 4.69) is 15.1 Å². The number of nitrogen functional groups attached to an aromatic ring is 1. The number of nitrogens with zero attached hydrogens (tertiary/aromatic N) is 4. The lowest BCUT2D eigenvalue weighted by atomic mass is 10.1. The van der Waals surface area contributed by atoms with Gasteiger partial charge in [-0.1, -0.05) is 35.5 Å². The highest BCUT2D eigenvalue weighted by molar-refractivity contribution is 6.11. The van der Waals surface area contributed by atoms with Crippen LogP contribution in [0.4, 0.5) is 10.2 Å². The van der Waals surface area contributed by atoms with Gasteiger partial charge in [0.1, 0.15) is 6.07 Å². The van der Waals surface area contributed by atoms with Crippen LogP contribution >= 0.6 is 0 Å². The van der Waals surface area contributed by atoms with E-state index in [4.69, 9.17) is 15.8 Å². The normalized spacial score (nSPS) is 10.8. The van der Waals surface area contributed by atoms with Gasteiger partial charge in [-0.2, -0.15) is 15.2 Å². The van der Waals surface area contributed by atoms with Crippen LogP contribution in [0.2, 0.25) is 0 Å². The van der Waals surface area contributed by atoms with Crippen molar-refractivity contribution < 1.29 is 9.23 Å². The zero-order chi connectivity index (χ0) is 13.7. The second-order valence-corrected chi connectivity index (χ2v) is 3.39. The van der Waals surface area contributed by atoms with Gasteiger partial charge in [-0.15, -0.1) is 0 Å². The van der Waals surface area contributed by atoms with Crippen molar-refractivity contribution in [1.82, 2.24) is 9.97 Å². The first-order valence-corrected chi connectivity index (χ1v) is 5.19. The van der Waals surface area contributed by atoms with E-state index in [1.807, 2.05) is 12.1 Å². The molecule has 1 aromatic carbocycles. The van der Waals surface area contributed by atoms with E-state index in [0.717, 1.165) is 6.20 Å². The summed E-state index contributed by atoms with van der Waals surface area (Å²) in [6.07, 6.45) is 0.863. The minimum atomic E-state index is -0.750. The van der Waals surface area contributed by atoms with Crippen molar-refractivity contribution in [3.8, 4) is 12.1 Å². The average molecular weight is 257 g/mol. The van der Waals surface area contributed by atoms with Crippen molar-refractivity contribution in [2.24, 2.45) is 5.16 Å². The highest BCUT2D eigenvalue weighted by Gasteiger charge is 2.06. The molecule has 1 aromatic heterocycles. The second kappa shape index (κ2) is 5.55. The maximum atomic E-state index is 12.8. The number of benzene rings is 1. The molecule has 0 aliphatic heterocycles. The minimum Gasteiger partial charge on any atom is -0.381 e. The van der Waals surface area contributed by atoms with Gasteiger partial charge in [0, 0.05) is 5.56 Å². The Morgan fingerprint density at radius 3 is 2.74 bits per heavy atom. The Bertz CT molecular complexity index is 651. The number of nitrogens with two attached hydrogens (primary N) is 1. The molecule has 1 heterocycles. The second-order valence-electron chi connectivity index (χ2n) is 3.39. The molecule has 0 atom stereocenters. The molecule has 94 valence electrons. The minimum absolute atomic E-state index is 0.0482. The quantitative estimate of drug-likeness (QED) is 0.663. The first-order chi connectivity index (χ1) is 9.20. The van der Waals surface area contributed by atoms with Crippen LogP contribution in [0.3, 0.4) is 0 Å². The predicted molar refractivity (Wildman–Crippen MR) is 65.6 cm³/mol. The highest BCUT2D eigenvalue weighted by atomic mass is 19.1. The monoisotopic (exact) mass is 257 g/mol. The van der Waals surface area contributed by atoms with E-state index in [-0.39, 0.29) is 17.5 Å². The number of rotatable bonds is 3. The number of nitriles is 1. The first-order valence-electron chi connectivity index (χ1n) is 5.19. The summed E-state index contributed by atoms with van der Waals surface area (Å²) >= 11 is 0. The van der Waals surface area contributed by atoms with E-state index in [9.17, 15) is 4.39 Å². The van der Waals surface area contributed by atoms with Crippen LogP contribution in [0, 0.1) is 17.1 Å². The fourth-order valence-corrected chi connectivity index (χ4v) is 1.23. The van der Waals surface area contributed by atoms with Crippen molar-refractivity contribution in [3.05, 3.63) is 47.9 Å². The Morgan fingerprint density at radius 2 is 2.11 bits per heavy atom. The molecule has 2 aromatic rings. The van der Waals surface area contributed by atoms with Gasteiger partial charge in [0.2, 0.25) is 0 Å². The average Bonchev–Trinajstić information content (AvgIpc) is 2.44. The summed E-state index contributed by atoms with van der Waals surface area (Å²) < 4.78 is 12.8. The summed E-state index contributed by atoms with van der Waals surface area (Å²) in [7, 11) is 0. The fraction of sp³-hybridized carbons (Fsp3) is 0. The Balaban J connectivity index is 2.21. The molecule has 19 heavy (non-hydrogen) atoms. The van der Waals surface area contributed by atoms with Gasteiger partial charge in [-0.3, -0.25) is 0 Å². The molecular weight excluding hydrogens is 249 g/mol. The summed E-state index contributed by atoms with van der Waals surface area (Å²) in [5, 5.41) is 12.6. The molecule has 2 rings (SSSR count). The lowest BCUT2D eigenvalue weighted by Gasteiger charge is -2.00. The smallest absolute Gasteiger partial charge is 0.347 e.